The molecule has 1 atom stereocenters. The Morgan fingerprint density at radius 2 is 1.79 bits per heavy atom. The molecule has 3 aromatic carbocycles. The van der Waals surface area contributed by atoms with Crippen LogP contribution in [0.4, 0.5) is 4.79 Å². The van der Waals surface area contributed by atoms with E-state index >= 15 is 0 Å². The SMILES string of the molecule is O=C1NC(=O)[C@H](Cc2ccc3oc(Cc4ccc5ccccc5c4)nc3c2)S1. The highest BCUT2D eigenvalue weighted by atomic mass is 32.2. The van der Waals surface area contributed by atoms with Crippen molar-refractivity contribution >= 4 is 44.8 Å². The Labute approximate surface area is 165 Å². The van der Waals surface area contributed by atoms with Gasteiger partial charge in [-0.3, -0.25) is 14.9 Å². The van der Waals surface area contributed by atoms with Crippen molar-refractivity contribution in [2.75, 3.05) is 0 Å². The number of oxazole rings is 1. The van der Waals surface area contributed by atoms with Crippen molar-refractivity contribution in [2.45, 2.75) is 18.1 Å². The van der Waals surface area contributed by atoms with Gasteiger partial charge >= 0.3 is 0 Å². The lowest BCUT2D eigenvalue weighted by molar-refractivity contribution is -0.118. The summed E-state index contributed by atoms with van der Waals surface area (Å²) in [5.41, 5.74) is 3.59. The average Bonchev–Trinajstić information content (AvgIpc) is 3.23. The van der Waals surface area contributed by atoms with E-state index in [4.69, 9.17) is 4.42 Å². The molecule has 0 saturated carbocycles. The predicted molar refractivity (Wildman–Crippen MR) is 109 cm³/mol. The number of hydrogen-bond donors (Lipinski definition) is 1. The van der Waals surface area contributed by atoms with Gasteiger partial charge in [-0.1, -0.05) is 60.3 Å². The number of nitrogens with one attached hydrogen (secondary N) is 1. The van der Waals surface area contributed by atoms with E-state index in [0.29, 0.717) is 18.7 Å². The fourth-order valence-corrected chi connectivity index (χ4v) is 4.35. The molecule has 6 heteroatoms. The first-order valence-electron chi connectivity index (χ1n) is 9.01. The fraction of sp³-hybridized carbons (Fsp3) is 0.136. The Kier molecular flexibility index (Phi) is 4.13. The zero-order valence-corrected chi connectivity index (χ0v) is 15.7. The summed E-state index contributed by atoms with van der Waals surface area (Å²) < 4.78 is 5.90. The second-order valence-corrected chi connectivity index (χ2v) is 8.03. The molecule has 0 aliphatic carbocycles. The minimum atomic E-state index is -0.381. The van der Waals surface area contributed by atoms with Crippen LogP contribution in [0.3, 0.4) is 0 Å². The van der Waals surface area contributed by atoms with Gasteiger partial charge in [0, 0.05) is 6.42 Å². The van der Waals surface area contributed by atoms with E-state index in [0.717, 1.165) is 34.0 Å². The Morgan fingerprint density at radius 3 is 2.61 bits per heavy atom. The highest BCUT2D eigenvalue weighted by Crippen LogP contribution is 2.26. The predicted octanol–water partition coefficient (Wildman–Crippen LogP) is 4.47. The number of nitrogens with zero attached hydrogens (tertiary/aromatic N) is 1. The molecule has 2 amide bonds. The minimum absolute atomic E-state index is 0.229. The average molecular weight is 388 g/mol. The van der Waals surface area contributed by atoms with Crippen LogP contribution < -0.4 is 5.32 Å². The molecule has 0 unspecified atom stereocenters. The van der Waals surface area contributed by atoms with Crippen LogP contribution >= 0.6 is 11.8 Å². The van der Waals surface area contributed by atoms with Crippen LogP contribution in [0.25, 0.3) is 21.9 Å². The quantitative estimate of drug-likeness (QED) is 0.559. The molecule has 5 nitrogen and oxygen atoms in total. The van der Waals surface area contributed by atoms with E-state index in [1.807, 2.05) is 30.3 Å². The third-order valence-corrected chi connectivity index (χ3v) is 5.83. The normalized spacial score (nSPS) is 16.8. The van der Waals surface area contributed by atoms with Crippen LogP contribution in [0.2, 0.25) is 0 Å². The first kappa shape index (κ1) is 17.0. The van der Waals surface area contributed by atoms with Crippen LogP contribution in [0, 0.1) is 0 Å². The van der Waals surface area contributed by atoms with E-state index < -0.39 is 0 Å². The first-order chi connectivity index (χ1) is 13.6. The number of benzene rings is 3. The van der Waals surface area contributed by atoms with Gasteiger partial charge in [0.25, 0.3) is 5.24 Å². The van der Waals surface area contributed by atoms with Gasteiger partial charge in [-0.2, -0.15) is 0 Å². The number of carbonyl (C=O) groups excluding carboxylic acids is 2. The Morgan fingerprint density at radius 1 is 0.964 bits per heavy atom. The van der Waals surface area contributed by atoms with Crippen molar-refractivity contribution in [3.05, 3.63) is 77.7 Å². The summed E-state index contributed by atoms with van der Waals surface area (Å²) in [4.78, 5) is 27.7. The molecular formula is C22H16N2O3S. The highest BCUT2D eigenvalue weighted by Gasteiger charge is 2.31. The molecule has 28 heavy (non-hydrogen) atoms. The second-order valence-electron chi connectivity index (χ2n) is 6.86. The van der Waals surface area contributed by atoms with Crippen molar-refractivity contribution in [3.63, 3.8) is 0 Å². The lowest BCUT2D eigenvalue weighted by atomic mass is 10.1. The molecule has 1 aliphatic heterocycles. The zero-order chi connectivity index (χ0) is 19.1. The number of thioether (sulfide) groups is 1. The van der Waals surface area contributed by atoms with Crippen LogP contribution in [-0.4, -0.2) is 21.4 Å². The molecule has 1 aliphatic rings. The summed E-state index contributed by atoms with van der Waals surface area (Å²) in [6.45, 7) is 0. The van der Waals surface area contributed by atoms with Crippen molar-refractivity contribution < 1.29 is 14.0 Å². The molecule has 2 heterocycles. The summed E-state index contributed by atoms with van der Waals surface area (Å²) in [6, 6.07) is 20.3. The molecule has 138 valence electrons. The molecule has 1 saturated heterocycles. The molecule has 0 radical (unpaired) electrons. The topological polar surface area (TPSA) is 72.2 Å². The Balaban J connectivity index is 1.38. The Hall–Kier alpha value is -3.12. The van der Waals surface area contributed by atoms with Crippen LogP contribution in [0.15, 0.2) is 65.1 Å². The first-order valence-corrected chi connectivity index (χ1v) is 9.89. The van der Waals surface area contributed by atoms with Gasteiger partial charge in [0.05, 0.1) is 5.25 Å². The van der Waals surface area contributed by atoms with Crippen molar-refractivity contribution in [2.24, 2.45) is 0 Å². The maximum Gasteiger partial charge on any atom is 0.286 e. The van der Waals surface area contributed by atoms with Gasteiger partial charge in [-0.15, -0.1) is 0 Å². The summed E-state index contributed by atoms with van der Waals surface area (Å²) in [5, 5.41) is 4.06. The fourth-order valence-electron chi connectivity index (χ4n) is 3.49. The summed E-state index contributed by atoms with van der Waals surface area (Å²) >= 11 is 1.04. The maximum absolute atomic E-state index is 11.8. The summed E-state index contributed by atoms with van der Waals surface area (Å²) in [7, 11) is 0. The standard InChI is InChI=1S/C22H16N2O3S/c25-21-19(28-22(26)24-21)11-14-6-8-18-17(10-14)23-20(27-18)12-13-5-7-15-3-1-2-4-16(15)9-13/h1-10,19H,11-12H2,(H,24,25,26)/t19-/m0/s1. The number of carbonyl (C=O) groups is 2. The molecule has 5 rings (SSSR count). The number of amides is 2. The smallest absolute Gasteiger partial charge is 0.286 e. The number of rotatable bonds is 4. The van der Waals surface area contributed by atoms with Crippen LogP contribution in [0.5, 0.6) is 0 Å². The van der Waals surface area contributed by atoms with Gasteiger partial charge in [-0.05, 0) is 40.5 Å². The molecule has 1 N–H and O–H groups in total. The van der Waals surface area contributed by atoms with E-state index in [1.54, 1.807) is 0 Å². The molecule has 1 aromatic heterocycles. The van der Waals surface area contributed by atoms with Gasteiger partial charge in [0.1, 0.15) is 5.52 Å². The monoisotopic (exact) mass is 388 g/mol. The number of imide groups is 1. The third-order valence-electron chi connectivity index (χ3n) is 4.85. The van der Waals surface area contributed by atoms with Crippen molar-refractivity contribution in [1.82, 2.24) is 10.3 Å². The third kappa shape index (κ3) is 3.27. The van der Waals surface area contributed by atoms with E-state index in [1.165, 1.54) is 10.8 Å². The van der Waals surface area contributed by atoms with Gasteiger partial charge in [0.2, 0.25) is 5.91 Å². The minimum Gasteiger partial charge on any atom is -0.440 e. The van der Waals surface area contributed by atoms with E-state index in [9.17, 15) is 9.59 Å². The maximum atomic E-state index is 11.8. The van der Waals surface area contributed by atoms with Crippen LogP contribution in [-0.2, 0) is 17.6 Å². The van der Waals surface area contributed by atoms with Gasteiger partial charge in [-0.25, -0.2) is 4.98 Å². The molecule has 4 aromatic rings. The van der Waals surface area contributed by atoms with E-state index in [2.05, 4.69) is 40.6 Å². The number of aromatic nitrogens is 1. The number of fused-ring (bicyclic) bond motifs is 2. The molecular weight excluding hydrogens is 372 g/mol. The molecule has 0 spiro atoms. The zero-order valence-electron chi connectivity index (χ0n) is 14.8. The van der Waals surface area contributed by atoms with Crippen molar-refractivity contribution in [3.8, 4) is 0 Å². The summed E-state index contributed by atoms with van der Waals surface area (Å²) in [5.74, 6) is 0.429. The molecule has 0 bridgehead atoms. The Bertz CT molecular complexity index is 1230. The van der Waals surface area contributed by atoms with Gasteiger partial charge in [0.15, 0.2) is 11.5 Å². The largest absolute Gasteiger partial charge is 0.440 e. The summed E-state index contributed by atoms with van der Waals surface area (Å²) in [6.07, 6.45) is 1.11. The number of hydrogen-bond acceptors (Lipinski definition) is 5. The molecule has 1 fully saturated rings. The van der Waals surface area contributed by atoms with Gasteiger partial charge < -0.3 is 4.42 Å². The van der Waals surface area contributed by atoms with Crippen LogP contribution in [0.1, 0.15) is 17.0 Å². The van der Waals surface area contributed by atoms with E-state index in [-0.39, 0.29) is 16.4 Å². The highest BCUT2D eigenvalue weighted by molar-refractivity contribution is 8.15. The lowest BCUT2D eigenvalue weighted by Crippen LogP contribution is -2.25. The van der Waals surface area contributed by atoms with Crippen molar-refractivity contribution in [1.29, 1.82) is 0 Å². The second kappa shape index (κ2) is 6.80. The lowest BCUT2D eigenvalue weighted by Gasteiger charge is -2.04.